The van der Waals surface area contributed by atoms with Gasteiger partial charge in [0.1, 0.15) is 0 Å². The van der Waals surface area contributed by atoms with E-state index in [4.69, 9.17) is 4.74 Å². The van der Waals surface area contributed by atoms with E-state index in [-0.39, 0.29) is 17.4 Å². The molecular formula is C21H25N3O3. The number of hydrogen-bond donors (Lipinski definition) is 0. The Bertz CT molecular complexity index is 835. The predicted octanol–water partition coefficient (Wildman–Crippen LogP) is 2.19. The molecule has 2 aliphatic rings. The maximum Gasteiger partial charge on any atom is 0.266 e. The zero-order valence-electron chi connectivity index (χ0n) is 15.4. The van der Waals surface area contributed by atoms with Crippen LogP contribution in [-0.4, -0.2) is 46.9 Å². The van der Waals surface area contributed by atoms with Crippen molar-refractivity contribution in [3.8, 4) is 11.3 Å². The predicted molar refractivity (Wildman–Crippen MR) is 102 cm³/mol. The molecule has 1 aromatic carbocycles. The van der Waals surface area contributed by atoms with Crippen LogP contribution in [0.25, 0.3) is 11.3 Å². The fourth-order valence-corrected chi connectivity index (χ4v) is 3.91. The maximum atomic E-state index is 12.5. The molecule has 27 heavy (non-hydrogen) atoms. The van der Waals surface area contributed by atoms with Crippen LogP contribution in [0, 0.1) is 11.8 Å². The van der Waals surface area contributed by atoms with Gasteiger partial charge in [-0.2, -0.15) is 5.10 Å². The third-order valence-electron chi connectivity index (χ3n) is 5.57. The number of amides is 1. The molecule has 2 fully saturated rings. The van der Waals surface area contributed by atoms with Crippen LogP contribution in [0.3, 0.4) is 0 Å². The Labute approximate surface area is 158 Å². The lowest BCUT2D eigenvalue weighted by Crippen LogP contribution is -2.43. The molecule has 6 heteroatoms. The molecule has 0 saturated carbocycles. The normalized spacial score (nSPS) is 20.7. The molecule has 1 atom stereocenters. The Morgan fingerprint density at radius 3 is 2.56 bits per heavy atom. The van der Waals surface area contributed by atoms with Crippen LogP contribution in [0.5, 0.6) is 0 Å². The summed E-state index contributed by atoms with van der Waals surface area (Å²) in [4.78, 5) is 26.7. The largest absolute Gasteiger partial charge is 0.381 e. The fraction of sp³-hybridized carbons (Fsp3) is 0.476. The summed E-state index contributed by atoms with van der Waals surface area (Å²) in [5, 5.41) is 4.56. The molecule has 0 aliphatic carbocycles. The summed E-state index contributed by atoms with van der Waals surface area (Å²) < 4.78 is 6.91. The molecule has 2 saturated heterocycles. The molecule has 1 aromatic heterocycles. The number of benzene rings is 1. The van der Waals surface area contributed by atoms with Gasteiger partial charge >= 0.3 is 0 Å². The van der Waals surface area contributed by atoms with Crippen LogP contribution in [0.4, 0.5) is 0 Å². The third-order valence-corrected chi connectivity index (χ3v) is 5.57. The number of ether oxygens (including phenoxy) is 1. The van der Waals surface area contributed by atoms with E-state index in [0.717, 1.165) is 43.6 Å². The highest BCUT2D eigenvalue weighted by atomic mass is 16.5. The van der Waals surface area contributed by atoms with Gasteiger partial charge in [0.05, 0.1) is 18.2 Å². The van der Waals surface area contributed by atoms with Gasteiger partial charge in [0.15, 0.2) is 0 Å². The van der Waals surface area contributed by atoms with Crippen LogP contribution in [0.2, 0.25) is 0 Å². The van der Waals surface area contributed by atoms with E-state index in [1.165, 1.54) is 0 Å². The van der Waals surface area contributed by atoms with Gasteiger partial charge in [-0.3, -0.25) is 9.59 Å². The minimum Gasteiger partial charge on any atom is -0.381 e. The summed E-state index contributed by atoms with van der Waals surface area (Å²) in [6.45, 7) is 3.37. The van der Waals surface area contributed by atoms with E-state index in [9.17, 15) is 9.59 Å². The maximum absolute atomic E-state index is 12.5. The lowest BCUT2D eigenvalue weighted by molar-refractivity contribution is -0.137. The average molecular weight is 367 g/mol. The second kappa shape index (κ2) is 8.05. The second-order valence-electron chi connectivity index (χ2n) is 7.43. The van der Waals surface area contributed by atoms with Crippen molar-refractivity contribution in [3.05, 3.63) is 52.8 Å². The molecule has 2 aliphatic heterocycles. The summed E-state index contributed by atoms with van der Waals surface area (Å²) in [5.41, 5.74) is 1.74. The molecule has 0 bridgehead atoms. The molecule has 1 amide bonds. The molecule has 3 heterocycles. The van der Waals surface area contributed by atoms with E-state index in [2.05, 4.69) is 5.10 Å². The highest BCUT2D eigenvalue weighted by molar-refractivity contribution is 5.79. The van der Waals surface area contributed by atoms with Crippen molar-refractivity contribution in [2.45, 2.75) is 25.8 Å². The van der Waals surface area contributed by atoms with Gasteiger partial charge in [0, 0.05) is 37.9 Å². The monoisotopic (exact) mass is 367 g/mol. The van der Waals surface area contributed by atoms with Gasteiger partial charge < -0.3 is 9.64 Å². The Hall–Kier alpha value is -2.47. The SMILES string of the molecule is O=C(C1CCOC1)N1CCC(Cn2nc(-c3ccccc3)ccc2=O)CC1. The second-order valence-corrected chi connectivity index (χ2v) is 7.43. The summed E-state index contributed by atoms with van der Waals surface area (Å²) in [6.07, 6.45) is 2.65. The number of rotatable bonds is 4. The van der Waals surface area contributed by atoms with Gasteiger partial charge in [-0.1, -0.05) is 30.3 Å². The first-order valence-electron chi connectivity index (χ1n) is 9.71. The van der Waals surface area contributed by atoms with Gasteiger partial charge in [-0.15, -0.1) is 0 Å². The molecule has 6 nitrogen and oxygen atoms in total. The fourth-order valence-electron chi connectivity index (χ4n) is 3.91. The van der Waals surface area contributed by atoms with Crippen molar-refractivity contribution >= 4 is 5.91 Å². The number of nitrogens with zero attached hydrogens (tertiary/aromatic N) is 3. The zero-order valence-corrected chi connectivity index (χ0v) is 15.4. The number of hydrogen-bond acceptors (Lipinski definition) is 4. The molecular weight excluding hydrogens is 342 g/mol. The third kappa shape index (κ3) is 4.11. The van der Waals surface area contributed by atoms with Crippen LogP contribution < -0.4 is 5.56 Å². The van der Waals surface area contributed by atoms with E-state index >= 15 is 0 Å². The first kappa shape index (κ1) is 17.9. The molecule has 2 aromatic rings. The number of aromatic nitrogens is 2. The topological polar surface area (TPSA) is 64.4 Å². The summed E-state index contributed by atoms with van der Waals surface area (Å²) >= 11 is 0. The van der Waals surface area contributed by atoms with E-state index in [1.807, 2.05) is 35.2 Å². The lowest BCUT2D eigenvalue weighted by Gasteiger charge is -2.33. The minimum absolute atomic E-state index is 0.0355. The van der Waals surface area contributed by atoms with Gasteiger partial charge in [-0.05, 0) is 31.2 Å². The summed E-state index contributed by atoms with van der Waals surface area (Å²) in [6, 6.07) is 13.3. The molecule has 0 radical (unpaired) electrons. The van der Waals surface area contributed by atoms with Crippen molar-refractivity contribution in [3.63, 3.8) is 0 Å². The first-order valence-corrected chi connectivity index (χ1v) is 9.71. The van der Waals surface area contributed by atoms with Crippen LogP contribution in [-0.2, 0) is 16.1 Å². The summed E-state index contributed by atoms with van der Waals surface area (Å²) in [7, 11) is 0. The molecule has 4 rings (SSSR count). The van der Waals surface area contributed by atoms with Crippen molar-refractivity contribution in [2.24, 2.45) is 11.8 Å². The van der Waals surface area contributed by atoms with E-state index in [0.29, 0.717) is 25.7 Å². The zero-order chi connectivity index (χ0) is 18.6. The molecule has 1 unspecified atom stereocenters. The Kier molecular flexibility index (Phi) is 5.34. The first-order chi connectivity index (χ1) is 13.2. The highest BCUT2D eigenvalue weighted by Crippen LogP contribution is 2.23. The number of carbonyl (C=O) groups is 1. The molecule has 142 valence electrons. The Morgan fingerprint density at radius 1 is 1.07 bits per heavy atom. The molecule has 0 N–H and O–H groups in total. The lowest BCUT2D eigenvalue weighted by atomic mass is 9.95. The number of carbonyl (C=O) groups excluding carboxylic acids is 1. The number of likely N-dealkylation sites (tertiary alicyclic amines) is 1. The van der Waals surface area contributed by atoms with Crippen molar-refractivity contribution in [2.75, 3.05) is 26.3 Å². The van der Waals surface area contributed by atoms with Crippen molar-refractivity contribution in [1.82, 2.24) is 14.7 Å². The Balaban J connectivity index is 1.39. The minimum atomic E-state index is -0.0729. The van der Waals surface area contributed by atoms with Crippen molar-refractivity contribution in [1.29, 1.82) is 0 Å². The quantitative estimate of drug-likeness (QED) is 0.831. The molecule has 0 spiro atoms. The van der Waals surface area contributed by atoms with E-state index < -0.39 is 0 Å². The van der Waals surface area contributed by atoms with Crippen LogP contribution in [0.1, 0.15) is 19.3 Å². The van der Waals surface area contributed by atoms with Gasteiger partial charge in [-0.25, -0.2) is 4.68 Å². The Morgan fingerprint density at radius 2 is 1.85 bits per heavy atom. The highest BCUT2D eigenvalue weighted by Gasteiger charge is 2.30. The van der Waals surface area contributed by atoms with Crippen molar-refractivity contribution < 1.29 is 9.53 Å². The van der Waals surface area contributed by atoms with Gasteiger partial charge in [0.25, 0.3) is 5.56 Å². The van der Waals surface area contributed by atoms with Gasteiger partial charge in [0.2, 0.25) is 5.91 Å². The summed E-state index contributed by atoms with van der Waals surface area (Å²) in [5.74, 6) is 0.630. The van der Waals surface area contributed by atoms with Crippen LogP contribution in [0.15, 0.2) is 47.3 Å². The van der Waals surface area contributed by atoms with Crippen LogP contribution >= 0.6 is 0 Å². The smallest absolute Gasteiger partial charge is 0.266 e. The standard InChI is InChI=1S/C21H25N3O3/c25-20-7-6-19(17-4-2-1-3-5-17)22-24(20)14-16-8-11-23(12-9-16)21(26)18-10-13-27-15-18/h1-7,16,18H,8-15H2. The van der Waals surface area contributed by atoms with E-state index in [1.54, 1.807) is 16.8 Å². The average Bonchev–Trinajstić information content (AvgIpc) is 3.25. The number of piperidine rings is 1.